The minimum atomic E-state index is -4.21. The number of sulfonamides is 1. The van der Waals surface area contributed by atoms with E-state index in [2.05, 4.69) is 14.7 Å². The highest BCUT2D eigenvalue weighted by Gasteiger charge is 2.63. The summed E-state index contributed by atoms with van der Waals surface area (Å²) in [6.07, 6.45) is 2.06. The molecule has 8 nitrogen and oxygen atoms in total. The zero-order chi connectivity index (χ0) is 26.4. The molecule has 1 fully saturated rings. The predicted octanol–water partition coefficient (Wildman–Crippen LogP) is 4.19. The number of nitrogens with zero attached hydrogens (tertiary/aromatic N) is 2. The average Bonchev–Trinajstić information content (AvgIpc) is 3.65. The van der Waals surface area contributed by atoms with Gasteiger partial charge < -0.3 is 9.47 Å². The van der Waals surface area contributed by atoms with Crippen LogP contribution in [0.1, 0.15) is 34.7 Å². The molecule has 1 saturated carbocycles. The molecule has 2 heterocycles. The number of aromatic nitrogens is 2. The first-order chi connectivity index (χ1) is 17.7. The lowest BCUT2D eigenvalue weighted by atomic mass is 9.88. The highest BCUT2D eigenvalue weighted by Crippen LogP contribution is 2.62. The minimum Gasteiger partial charge on any atom is -0.496 e. The van der Waals surface area contributed by atoms with Crippen LogP contribution in [0.2, 0.25) is 0 Å². The number of pyridine rings is 2. The summed E-state index contributed by atoms with van der Waals surface area (Å²) in [7, 11) is -1.15. The lowest BCUT2D eigenvalue weighted by Crippen LogP contribution is -2.40. The van der Waals surface area contributed by atoms with Crippen LogP contribution in [0.3, 0.4) is 0 Å². The van der Waals surface area contributed by atoms with E-state index in [4.69, 9.17) is 9.47 Å². The second-order valence-corrected chi connectivity index (χ2v) is 10.9. The van der Waals surface area contributed by atoms with Crippen molar-refractivity contribution in [2.75, 3.05) is 14.2 Å². The van der Waals surface area contributed by atoms with E-state index in [0.717, 1.165) is 16.8 Å². The number of ether oxygens (including phenoxy) is 2. The highest BCUT2D eigenvalue weighted by molar-refractivity contribution is 7.90. The highest BCUT2D eigenvalue weighted by atomic mass is 32.2. The van der Waals surface area contributed by atoms with Gasteiger partial charge in [-0.15, -0.1) is 0 Å². The summed E-state index contributed by atoms with van der Waals surface area (Å²) in [6.45, 7) is 3.76. The Hall–Kier alpha value is -3.98. The number of methoxy groups -OCH3 is 2. The predicted molar refractivity (Wildman–Crippen MR) is 139 cm³/mol. The normalized spacial score (nSPS) is 18.9. The van der Waals surface area contributed by atoms with Crippen LogP contribution < -0.4 is 14.2 Å². The molecule has 0 bridgehead atoms. The Bertz CT molecular complexity index is 1620. The molecule has 0 saturated heterocycles. The average molecular weight is 518 g/mol. The van der Waals surface area contributed by atoms with E-state index >= 15 is 0 Å². The molecule has 0 spiro atoms. The van der Waals surface area contributed by atoms with Crippen molar-refractivity contribution in [2.24, 2.45) is 0 Å². The number of hydrogen-bond donors (Lipinski definition) is 1. The van der Waals surface area contributed by atoms with Gasteiger partial charge in [0.15, 0.2) is 0 Å². The number of rotatable bonds is 7. The summed E-state index contributed by atoms with van der Waals surface area (Å²) >= 11 is 0. The Morgan fingerprint density at radius 2 is 1.84 bits per heavy atom. The summed E-state index contributed by atoms with van der Waals surface area (Å²) in [5.74, 6) is 0.0601. The number of benzene rings is 2. The zero-order valence-electron chi connectivity index (χ0n) is 21.0. The fourth-order valence-electron chi connectivity index (χ4n) is 4.96. The van der Waals surface area contributed by atoms with Crippen molar-refractivity contribution in [3.05, 3.63) is 89.2 Å². The third-order valence-corrected chi connectivity index (χ3v) is 8.31. The van der Waals surface area contributed by atoms with E-state index in [1.165, 1.54) is 20.3 Å². The topological polar surface area (TPSA) is 107 Å². The van der Waals surface area contributed by atoms with E-state index < -0.39 is 21.3 Å². The fraction of sp³-hybridized carbons (Fsp3) is 0.250. The summed E-state index contributed by atoms with van der Waals surface area (Å²) in [6, 6.07) is 17.4. The molecule has 1 N–H and O–H groups in total. The van der Waals surface area contributed by atoms with E-state index in [-0.39, 0.29) is 10.8 Å². The summed E-state index contributed by atoms with van der Waals surface area (Å²) in [5.41, 5.74) is 2.53. The first-order valence-corrected chi connectivity index (χ1v) is 13.3. The number of amides is 1. The molecule has 2 aromatic carbocycles. The van der Waals surface area contributed by atoms with Gasteiger partial charge in [0.2, 0.25) is 11.8 Å². The van der Waals surface area contributed by atoms with Crippen LogP contribution in [0, 0.1) is 13.8 Å². The van der Waals surface area contributed by atoms with Gasteiger partial charge >= 0.3 is 0 Å². The smallest absolute Gasteiger partial charge is 0.264 e. The third kappa shape index (κ3) is 4.29. The van der Waals surface area contributed by atoms with Crippen LogP contribution in [0.25, 0.3) is 10.9 Å². The zero-order valence-corrected chi connectivity index (χ0v) is 21.8. The first kappa shape index (κ1) is 24.7. The Balaban J connectivity index is 1.58. The molecular formula is C28H27N3O5S. The van der Waals surface area contributed by atoms with Crippen molar-refractivity contribution in [3.63, 3.8) is 0 Å². The second-order valence-electron chi connectivity index (χ2n) is 9.28. The Morgan fingerprint density at radius 3 is 2.54 bits per heavy atom. The number of hydrogen-bond acceptors (Lipinski definition) is 7. The number of carbonyl (C=O) groups is 1. The molecule has 0 radical (unpaired) electrons. The Labute approximate surface area is 215 Å². The van der Waals surface area contributed by atoms with E-state index in [9.17, 15) is 13.2 Å². The van der Waals surface area contributed by atoms with Crippen molar-refractivity contribution >= 4 is 26.8 Å². The van der Waals surface area contributed by atoms with Gasteiger partial charge in [-0.2, -0.15) is 0 Å². The molecule has 1 aliphatic carbocycles. The number of fused-ring (bicyclic) bond motifs is 1. The second kappa shape index (κ2) is 9.15. The standard InChI is InChI=1S/C28H27N3O5S/c1-17-8-12-24(35-3)21(14-17)28(15-22(28)19-10-13-26(36-4)29-16-19)27(32)31-37(33,34)25-7-5-6-23-20(25)11-9-18(2)30-23/h5-14,16,22H,15H2,1-4H3,(H,31,32)/t22-,28-/m1/s1. The van der Waals surface area contributed by atoms with Crippen molar-refractivity contribution in [1.29, 1.82) is 0 Å². The van der Waals surface area contributed by atoms with E-state index in [0.29, 0.717) is 34.5 Å². The van der Waals surface area contributed by atoms with Crippen LogP contribution >= 0.6 is 0 Å². The molecule has 37 heavy (non-hydrogen) atoms. The van der Waals surface area contributed by atoms with E-state index in [1.54, 1.807) is 42.6 Å². The SMILES string of the molecule is COc1ccc([C@H]2C[C@@]2(C(=O)NS(=O)(=O)c2cccc3nc(C)ccc23)c2cc(C)ccc2OC)cn1. The minimum absolute atomic E-state index is 0.000483. The quantitative estimate of drug-likeness (QED) is 0.392. The number of aryl methyl sites for hydroxylation is 2. The van der Waals surface area contributed by atoms with Crippen molar-refractivity contribution in [1.82, 2.24) is 14.7 Å². The largest absolute Gasteiger partial charge is 0.496 e. The van der Waals surface area contributed by atoms with Crippen molar-refractivity contribution in [3.8, 4) is 11.6 Å². The third-order valence-electron chi connectivity index (χ3n) is 6.92. The summed E-state index contributed by atoms with van der Waals surface area (Å²) in [5, 5.41) is 0.447. The van der Waals surface area contributed by atoms with Crippen LogP contribution in [0.5, 0.6) is 11.6 Å². The van der Waals surface area contributed by atoms with Gasteiger partial charge in [-0.25, -0.2) is 18.1 Å². The maximum Gasteiger partial charge on any atom is 0.264 e. The van der Waals surface area contributed by atoms with Gasteiger partial charge in [-0.1, -0.05) is 29.8 Å². The number of carbonyl (C=O) groups excluding carboxylic acids is 1. The molecule has 5 rings (SSSR count). The van der Waals surface area contributed by atoms with Crippen LogP contribution in [0.4, 0.5) is 0 Å². The van der Waals surface area contributed by atoms with Gasteiger partial charge in [-0.05, 0) is 56.2 Å². The van der Waals surface area contributed by atoms with Gasteiger partial charge in [0.25, 0.3) is 10.0 Å². The lowest BCUT2D eigenvalue weighted by Gasteiger charge is -2.21. The molecule has 1 aliphatic rings. The fourth-order valence-corrected chi connectivity index (χ4v) is 6.21. The van der Waals surface area contributed by atoms with Crippen LogP contribution in [0.15, 0.2) is 71.8 Å². The monoisotopic (exact) mass is 517 g/mol. The Kier molecular flexibility index (Phi) is 6.11. The van der Waals surface area contributed by atoms with Gasteiger partial charge in [0.1, 0.15) is 5.75 Å². The maximum absolute atomic E-state index is 14.0. The molecule has 1 amide bonds. The Morgan fingerprint density at radius 1 is 1.03 bits per heavy atom. The van der Waals surface area contributed by atoms with Gasteiger partial charge in [0.05, 0.1) is 30.0 Å². The van der Waals surface area contributed by atoms with Crippen LogP contribution in [-0.2, 0) is 20.2 Å². The van der Waals surface area contributed by atoms with Crippen molar-refractivity contribution in [2.45, 2.75) is 36.5 Å². The molecule has 0 aliphatic heterocycles. The molecule has 4 aromatic rings. The first-order valence-electron chi connectivity index (χ1n) is 11.8. The summed E-state index contributed by atoms with van der Waals surface area (Å²) < 4.78 is 40.3. The molecule has 9 heteroatoms. The molecule has 2 atom stereocenters. The lowest BCUT2D eigenvalue weighted by molar-refractivity contribution is -0.122. The van der Waals surface area contributed by atoms with Crippen molar-refractivity contribution < 1.29 is 22.7 Å². The van der Waals surface area contributed by atoms with Crippen LogP contribution in [-0.4, -0.2) is 38.5 Å². The molecular weight excluding hydrogens is 490 g/mol. The summed E-state index contributed by atoms with van der Waals surface area (Å²) in [4.78, 5) is 22.7. The molecule has 2 aromatic heterocycles. The van der Waals surface area contributed by atoms with E-state index in [1.807, 2.05) is 32.0 Å². The number of nitrogens with one attached hydrogen (secondary N) is 1. The van der Waals surface area contributed by atoms with Gasteiger partial charge in [-0.3, -0.25) is 9.78 Å². The molecule has 0 unspecified atom stereocenters. The van der Waals surface area contributed by atoms with Gasteiger partial charge in [0, 0.05) is 34.8 Å². The maximum atomic E-state index is 14.0. The molecule has 190 valence electrons.